The molecule has 0 spiro atoms. The monoisotopic (exact) mass is 498 g/mol. The van der Waals surface area contributed by atoms with Crippen LogP contribution in [0.3, 0.4) is 0 Å². The molecule has 5 rings (SSSR count). The topological polar surface area (TPSA) is 38.8 Å². The summed E-state index contributed by atoms with van der Waals surface area (Å²) in [5.74, 6) is 6.78. The molecule has 0 saturated carbocycles. The Morgan fingerprint density at radius 2 is 1.67 bits per heavy atom. The first-order chi connectivity index (χ1) is 17.7. The molecular weight excluding hydrogens is 464 g/mol. The molecule has 0 radical (unpaired) electrons. The number of hydrogen-bond acceptors (Lipinski definition) is 5. The third-order valence-electron chi connectivity index (χ3n) is 7.04. The summed E-state index contributed by atoms with van der Waals surface area (Å²) in [6, 6.07) is 18.8. The van der Waals surface area contributed by atoms with E-state index >= 15 is 0 Å². The lowest BCUT2D eigenvalue weighted by Crippen LogP contribution is -2.46. The summed E-state index contributed by atoms with van der Waals surface area (Å²) in [6.07, 6.45) is 2.94. The van der Waals surface area contributed by atoms with E-state index in [4.69, 9.17) is 0 Å². The number of para-hydroxylation sites is 2. The maximum absolute atomic E-state index is 12.8. The van der Waals surface area contributed by atoms with Gasteiger partial charge in [-0.15, -0.1) is 17.3 Å². The number of hydrogen-bond donors (Lipinski definition) is 1. The highest BCUT2D eigenvalue weighted by Gasteiger charge is 2.27. The molecule has 0 bridgehead atoms. The molecule has 2 aliphatic rings. The van der Waals surface area contributed by atoms with Gasteiger partial charge in [-0.05, 0) is 37.5 Å². The number of fused-ring (bicyclic) bond motifs is 2. The zero-order chi connectivity index (χ0) is 24.7. The Morgan fingerprint density at radius 3 is 2.50 bits per heavy atom. The number of anilines is 3. The smallest absolute Gasteiger partial charge is 0.258 e. The first kappa shape index (κ1) is 24.6. The molecule has 3 aromatic rings. The summed E-state index contributed by atoms with van der Waals surface area (Å²) in [5, 5.41) is 5.05. The Morgan fingerprint density at radius 1 is 0.917 bits per heavy atom. The maximum atomic E-state index is 12.8. The fraction of sp³-hybridized carbons (Fsp3) is 0.367. The molecule has 2 aromatic carbocycles. The number of carbonyl (C=O) groups excluding carboxylic acids is 1. The van der Waals surface area contributed by atoms with E-state index in [1.807, 2.05) is 23.6 Å². The quantitative estimate of drug-likeness (QED) is 0.350. The van der Waals surface area contributed by atoms with E-state index < -0.39 is 0 Å². The van der Waals surface area contributed by atoms with Gasteiger partial charge in [-0.25, -0.2) is 0 Å². The molecular formula is C30H34N4OS. The van der Waals surface area contributed by atoms with E-state index in [1.54, 1.807) is 11.3 Å². The van der Waals surface area contributed by atoms with Crippen molar-refractivity contribution in [3.63, 3.8) is 0 Å². The van der Waals surface area contributed by atoms with Crippen LogP contribution < -0.4 is 10.2 Å². The van der Waals surface area contributed by atoms with Crippen molar-refractivity contribution in [2.24, 2.45) is 0 Å². The van der Waals surface area contributed by atoms with Crippen LogP contribution >= 0.6 is 11.3 Å². The van der Waals surface area contributed by atoms with Gasteiger partial charge in [0, 0.05) is 55.9 Å². The van der Waals surface area contributed by atoms with Gasteiger partial charge in [-0.3, -0.25) is 9.69 Å². The Bertz CT molecular complexity index is 1230. The lowest BCUT2D eigenvalue weighted by molar-refractivity contribution is 0.102. The number of rotatable bonds is 7. The van der Waals surface area contributed by atoms with Crippen molar-refractivity contribution in [3.05, 3.63) is 76.0 Å². The molecule has 3 heterocycles. The number of benzene rings is 2. The molecule has 36 heavy (non-hydrogen) atoms. The molecule has 0 unspecified atom stereocenters. The van der Waals surface area contributed by atoms with Crippen molar-refractivity contribution in [1.29, 1.82) is 0 Å². The van der Waals surface area contributed by atoms with Gasteiger partial charge in [0.2, 0.25) is 0 Å². The summed E-state index contributed by atoms with van der Waals surface area (Å²) < 4.78 is 0. The highest BCUT2D eigenvalue weighted by molar-refractivity contribution is 7.10. The molecule has 5 nitrogen and oxygen atoms in total. The van der Waals surface area contributed by atoms with Crippen LogP contribution in [0.5, 0.6) is 0 Å². The SMILES string of the molecule is Cc1scc2c1N(CCCC#CCN1CCN(CCc3ccccc3)CC1)c1ccccc1NC2=O. The van der Waals surface area contributed by atoms with E-state index in [-0.39, 0.29) is 5.91 Å². The number of nitrogens with zero attached hydrogens (tertiary/aromatic N) is 3. The molecule has 1 aromatic heterocycles. The van der Waals surface area contributed by atoms with Crippen molar-refractivity contribution < 1.29 is 4.79 Å². The Kier molecular flexibility index (Phi) is 8.02. The van der Waals surface area contributed by atoms with Crippen LogP contribution in [0.15, 0.2) is 60.0 Å². The molecule has 6 heteroatoms. The summed E-state index contributed by atoms with van der Waals surface area (Å²) in [4.78, 5) is 21.3. The Labute approximate surface area is 218 Å². The van der Waals surface area contributed by atoms with Gasteiger partial charge in [0.05, 0.1) is 29.2 Å². The fourth-order valence-electron chi connectivity index (χ4n) is 4.99. The van der Waals surface area contributed by atoms with Crippen molar-refractivity contribution >= 4 is 34.3 Å². The van der Waals surface area contributed by atoms with E-state index in [1.165, 1.54) is 10.4 Å². The standard InChI is InChI=1S/C30H34N4OS/c1-24-29-26(23-36-24)30(35)31-27-13-7-8-14-28(27)34(29)17-10-3-2-9-16-32-19-21-33(22-20-32)18-15-25-11-5-4-6-12-25/h4-8,11-14,23H,3,10,15-22H2,1H3,(H,31,35). The molecule has 0 atom stereocenters. The molecule has 0 aliphatic carbocycles. The number of carbonyl (C=O) groups is 1. The first-order valence-corrected chi connectivity index (χ1v) is 13.8. The number of aryl methyl sites for hydroxylation is 1. The summed E-state index contributed by atoms with van der Waals surface area (Å²) in [6.45, 7) is 9.35. The minimum absolute atomic E-state index is 0.0238. The van der Waals surface area contributed by atoms with Crippen molar-refractivity contribution in [1.82, 2.24) is 9.80 Å². The number of thiophene rings is 1. The number of piperazine rings is 1. The van der Waals surface area contributed by atoms with Crippen LogP contribution in [-0.2, 0) is 6.42 Å². The molecule has 1 amide bonds. The van der Waals surface area contributed by atoms with E-state index in [0.717, 1.165) is 87.7 Å². The van der Waals surface area contributed by atoms with Crippen LogP contribution in [0, 0.1) is 18.8 Å². The zero-order valence-electron chi connectivity index (χ0n) is 21.0. The minimum atomic E-state index is -0.0238. The second-order valence-corrected chi connectivity index (χ2v) is 10.6. The molecule has 2 aliphatic heterocycles. The molecule has 1 N–H and O–H groups in total. The van der Waals surface area contributed by atoms with Gasteiger partial charge >= 0.3 is 0 Å². The Hall–Kier alpha value is -3.11. The lowest BCUT2D eigenvalue weighted by Gasteiger charge is -2.33. The second kappa shape index (κ2) is 11.7. The average molecular weight is 499 g/mol. The van der Waals surface area contributed by atoms with Crippen molar-refractivity contribution in [3.8, 4) is 11.8 Å². The van der Waals surface area contributed by atoms with E-state index in [2.05, 4.69) is 75.2 Å². The number of unbranched alkanes of at least 4 members (excludes halogenated alkanes) is 1. The van der Waals surface area contributed by atoms with E-state index in [0.29, 0.717) is 0 Å². The average Bonchev–Trinajstić information content (AvgIpc) is 3.24. The van der Waals surface area contributed by atoms with Gasteiger partial charge in [0.25, 0.3) is 5.91 Å². The fourth-order valence-corrected chi connectivity index (χ4v) is 5.83. The lowest BCUT2D eigenvalue weighted by atomic mass is 10.1. The van der Waals surface area contributed by atoms with Crippen LogP contribution in [0.4, 0.5) is 17.1 Å². The zero-order valence-corrected chi connectivity index (χ0v) is 21.8. The van der Waals surface area contributed by atoms with Crippen LogP contribution in [0.25, 0.3) is 0 Å². The van der Waals surface area contributed by atoms with Gasteiger partial charge in [-0.2, -0.15) is 0 Å². The number of nitrogens with one attached hydrogen (secondary N) is 1. The van der Waals surface area contributed by atoms with Crippen molar-refractivity contribution in [2.75, 3.05) is 56.0 Å². The number of amides is 1. The van der Waals surface area contributed by atoms with Crippen LogP contribution in [0.2, 0.25) is 0 Å². The normalized spacial score (nSPS) is 15.9. The predicted octanol–water partition coefficient (Wildman–Crippen LogP) is 5.40. The highest BCUT2D eigenvalue weighted by Crippen LogP contribution is 2.42. The first-order valence-electron chi connectivity index (χ1n) is 12.9. The van der Waals surface area contributed by atoms with Gasteiger partial charge in [-0.1, -0.05) is 48.4 Å². The Balaban J connectivity index is 1.09. The van der Waals surface area contributed by atoms with Crippen LogP contribution in [0.1, 0.15) is 33.6 Å². The van der Waals surface area contributed by atoms with Gasteiger partial charge in [0.15, 0.2) is 0 Å². The highest BCUT2D eigenvalue weighted by atomic mass is 32.1. The summed E-state index contributed by atoms with van der Waals surface area (Å²) in [5.41, 5.74) is 5.16. The van der Waals surface area contributed by atoms with Crippen LogP contribution in [-0.4, -0.2) is 61.5 Å². The minimum Gasteiger partial charge on any atom is -0.338 e. The molecule has 1 fully saturated rings. The maximum Gasteiger partial charge on any atom is 0.258 e. The predicted molar refractivity (Wildman–Crippen MR) is 150 cm³/mol. The van der Waals surface area contributed by atoms with Gasteiger partial charge in [0.1, 0.15) is 0 Å². The van der Waals surface area contributed by atoms with Crippen molar-refractivity contribution in [2.45, 2.75) is 26.2 Å². The van der Waals surface area contributed by atoms with E-state index in [9.17, 15) is 4.79 Å². The summed E-state index contributed by atoms with van der Waals surface area (Å²) in [7, 11) is 0. The molecule has 1 saturated heterocycles. The third kappa shape index (κ3) is 5.82. The van der Waals surface area contributed by atoms with Gasteiger partial charge < -0.3 is 15.1 Å². The molecule has 186 valence electrons. The summed E-state index contributed by atoms with van der Waals surface area (Å²) >= 11 is 1.64. The third-order valence-corrected chi connectivity index (χ3v) is 7.94. The second-order valence-electron chi connectivity index (χ2n) is 9.49. The largest absolute Gasteiger partial charge is 0.338 e.